The third-order valence-corrected chi connectivity index (χ3v) is 6.01. The maximum Gasteiger partial charge on any atom is 0.255 e. The number of rotatable bonds is 5. The van der Waals surface area contributed by atoms with Gasteiger partial charge in [-0.15, -0.1) is 0 Å². The monoisotopic (exact) mass is 420 g/mol. The average Bonchev–Trinajstić information content (AvgIpc) is 3.56. The van der Waals surface area contributed by atoms with E-state index in [4.69, 9.17) is 0 Å². The summed E-state index contributed by atoms with van der Waals surface area (Å²) in [6, 6.07) is 9.73. The quantitative estimate of drug-likeness (QED) is 0.803. The molecule has 2 amide bonds. The van der Waals surface area contributed by atoms with Crippen molar-refractivity contribution in [1.82, 2.24) is 14.8 Å². The number of hydrogen-bond donors (Lipinski definition) is 1. The fourth-order valence-corrected chi connectivity index (χ4v) is 3.90. The molecule has 2 aromatic rings. The highest BCUT2D eigenvalue weighted by Gasteiger charge is 2.50. The molecular formula is C24H28N4O3. The molecule has 7 nitrogen and oxygen atoms in total. The van der Waals surface area contributed by atoms with E-state index in [0.29, 0.717) is 44.6 Å². The Labute approximate surface area is 182 Å². The number of pyridine rings is 1. The fraction of sp³-hybridized carbons (Fsp3) is 0.375. The highest BCUT2D eigenvalue weighted by molar-refractivity contribution is 5.94. The zero-order valence-corrected chi connectivity index (χ0v) is 18.0. The molecule has 0 atom stereocenters. The minimum absolute atomic E-state index is 0.0916. The molecule has 2 fully saturated rings. The summed E-state index contributed by atoms with van der Waals surface area (Å²) in [6.45, 7) is 5.70. The molecule has 2 heterocycles. The molecule has 2 aliphatic rings. The smallest absolute Gasteiger partial charge is 0.255 e. The third kappa shape index (κ3) is 4.18. The van der Waals surface area contributed by atoms with Crippen LogP contribution in [0.15, 0.2) is 43.1 Å². The van der Waals surface area contributed by atoms with Crippen molar-refractivity contribution in [1.29, 1.82) is 0 Å². The number of piperazine rings is 1. The molecule has 0 spiro atoms. The predicted octanol–water partition coefficient (Wildman–Crippen LogP) is 2.27. The van der Waals surface area contributed by atoms with Gasteiger partial charge in [0.1, 0.15) is 5.60 Å². The van der Waals surface area contributed by atoms with E-state index in [0.717, 1.165) is 22.5 Å². The van der Waals surface area contributed by atoms with Crippen LogP contribution in [-0.4, -0.2) is 77.6 Å². The van der Waals surface area contributed by atoms with Crippen LogP contribution >= 0.6 is 0 Å². The van der Waals surface area contributed by atoms with E-state index >= 15 is 0 Å². The highest BCUT2D eigenvalue weighted by atomic mass is 16.3. The average molecular weight is 421 g/mol. The summed E-state index contributed by atoms with van der Waals surface area (Å²) >= 11 is 0. The van der Waals surface area contributed by atoms with Crippen LogP contribution in [-0.2, 0) is 4.79 Å². The molecular weight excluding hydrogens is 392 g/mol. The van der Waals surface area contributed by atoms with Crippen molar-refractivity contribution in [3.63, 3.8) is 0 Å². The van der Waals surface area contributed by atoms with E-state index in [2.05, 4.69) is 11.6 Å². The molecule has 31 heavy (non-hydrogen) atoms. The first kappa shape index (κ1) is 21.1. The number of benzene rings is 1. The minimum atomic E-state index is -1.15. The molecule has 1 N–H and O–H groups in total. The number of amides is 2. The van der Waals surface area contributed by atoms with Crippen LogP contribution in [0.3, 0.4) is 0 Å². The first-order valence-electron chi connectivity index (χ1n) is 10.5. The SMILES string of the molecule is C=Cc1cc(-c2ccc(C(=O)N3CCN(C(=O)C4(O)CC4)CC3)cn2)ccc1N(C)C. The lowest BCUT2D eigenvalue weighted by molar-refractivity contribution is -0.143. The summed E-state index contributed by atoms with van der Waals surface area (Å²) in [6.07, 6.45) is 4.50. The zero-order valence-electron chi connectivity index (χ0n) is 18.0. The van der Waals surface area contributed by atoms with Gasteiger partial charge in [0.2, 0.25) is 0 Å². The lowest BCUT2D eigenvalue weighted by Crippen LogP contribution is -2.53. The number of anilines is 1. The molecule has 4 rings (SSSR count). The second kappa shape index (κ2) is 8.15. The normalized spacial score (nSPS) is 17.3. The molecule has 1 aliphatic heterocycles. The minimum Gasteiger partial charge on any atom is -0.380 e. The Balaban J connectivity index is 1.42. The van der Waals surface area contributed by atoms with E-state index in [1.54, 1.807) is 22.1 Å². The maximum absolute atomic E-state index is 12.9. The van der Waals surface area contributed by atoms with E-state index in [-0.39, 0.29) is 11.8 Å². The summed E-state index contributed by atoms with van der Waals surface area (Å²) in [5, 5.41) is 10.0. The Morgan fingerprint density at radius 2 is 1.77 bits per heavy atom. The van der Waals surface area contributed by atoms with Crippen molar-refractivity contribution < 1.29 is 14.7 Å². The Morgan fingerprint density at radius 1 is 1.10 bits per heavy atom. The van der Waals surface area contributed by atoms with Gasteiger partial charge >= 0.3 is 0 Å². The van der Waals surface area contributed by atoms with Crippen molar-refractivity contribution in [3.8, 4) is 11.3 Å². The van der Waals surface area contributed by atoms with Gasteiger partial charge in [-0.25, -0.2) is 0 Å². The van der Waals surface area contributed by atoms with E-state index in [1.165, 1.54) is 0 Å². The van der Waals surface area contributed by atoms with Crippen LogP contribution in [0, 0.1) is 0 Å². The van der Waals surface area contributed by atoms with Crippen LogP contribution < -0.4 is 4.90 Å². The number of nitrogens with zero attached hydrogens (tertiary/aromatic N) is 4. The molecule has 162 valence electrons. The molecule has 1 saturated carbocycles. The van der Waals surface area contributed by atoms with Crippen molar-refractivity contribution in [2.75, 3.05) is 45.2 Å². The van der Waals surface area contributed by atoms with Gasteiger partial charge in [-0.05, 0) is 42.7 Å². The van der Waals surface area contributed by atoms with Gasteiger partial charge in [0.15, 0.2) is 0 Å². The van der Waals surface area contributed by atoms with Crippen LogP contribution in [0.4, 0.5) is 5.69 Å². The summed E-state index contributed by atoms with van der Waals surface area (Å²) in [5.74, 6) is -0.296. The van der Waals surface area contributed by atoms with Gasteiger partial charge in [-0.2, -0.15) is 0 Å². The molecule has 1 saturated heterocycles. The Kier molecular flexibility index (Phi) is 5.54. The van der Waals surface area contributed by atoms with Gasteiger partial charge in [-0.1, -0.05) is 18.7 Å². The second-order valence-corrected chi connectivity index (χ2v) is 8.42. The number of hydrogen-bond acceptors (Lipinski definition) is 5. The lowest BCUT2D eigenvalue weighted by atomic mass is 10.0. The lowest BCUT2D eigenvalue weighted by Gasteiger charge is -2.35. The largest absolute Gasteiger partial charge is 0.380 e. The molecule has 1 aromatic heterocycles. The first-order valence-corrected chi connectivity index (χ1v) is 10.5. The van der Waals surface area contributed by atoms with Crippen LogP contribution in [0.5, 0.6) is 0 Å². The topological polar surface area (TPSA) is 77.0 Å². The summed E-state index contributed by atoms with van der Waals surface area (Å²) in [4.78, 5) is 35.1. The van der Waals surface area contributed by atoms with Crippen molar-refractivity contribution >= 4 is 23.6 Å². The number of aromatic nitrogens is 1. The van der Waals surface area contributed by atoms with Gasteiger partial charge in [-0.3, -0.25) is 14.6 Å². The van der Waals surface area contributed by atoms with E-state index in [1.807, 2.05) is 49.3 Å². The van der Waals surface area contributed by atoms with Crippen LogP contribution in [0.2, 0.25) is 0 Å². The number of carbonyl (C=O) groups excluding carboxylic acids is 2. The summed E-state index contributed by atoms with van der Waals surface area (Å²) < 4.78 is 0. The Bertz CT molecular complexity index is 1000. The van der Waals surface area contributed by atoms with Crippen molar-refractivity contribution in [3.05, 3.63) is 54.2 Å². The number of aliphatic hydroxyl groups is 1. The number of carbonyl (C=O) groups is 2. The summed E-state index contributed by atoms with van der Waals surface area (Å²) in [7, 11) is 3.98. The molecule has 0 radical (unpaired) electrons. The highest BCUT2D eigenvalue weighted by Crippen LogP contribution is 2.37. The first-order chi connectivity index (χ1) is 14.8. The molecule has 0 unspecified atom stereocenters. The van der Waals surface area contributed by atoms with E-state index < -0.39 is 5.60 Å². The fourth-order valence-electron chi connectivity index (χ4n) is 3.90. The standard InChI is InChI=1S/C24H28N4O3/c1-4-17-15-18(6-8-21(17)26(2)3)20-7-5-19(16-25-20)22(29)27-11-13-28(14-12-27)23(30)24(31)9-10-24/h4-8,15-16,31H,1,9-14H2,2-3H3. The summed E-state index contributed by atoms with van der Waals surface area (Å²) in [5.41, 5.74) is 3.23. The Hall–Kier alpha value is -3.19. The zero-order chi connectivity index (χ0) is 22.2. The molecule has 0 bridgehead atoms. The molecule has 1 aromatic carbocycles. The van der Waals surface area contributed by atoms with Gasteiger partial charge in [0.25, 0.3) is 11.8 Å². The van der Waals surface area contributed by atoms with Crippen LogP contribution in [0.25, 0.3) is 17.3 Å². The maximum atomic E-state index is 12.9. The second-order valence-electron chi connectivity index (χ2n) is 8.42. The third-order valence-electron chi connectivity index (χ3n) is 6.01. The van der Waals surface area contributed by atoms with Crippen molar-refractivity contribution in [2.24, 2.45) is 0 Å². The van der Waals surface area contributed by atoms with Gasteiger partial charge in [0, 0.05) is 57.7 Å². The van der Waals surface area contributed by atoms with Gasteiger partial charge < -0.3 is 19.8 Å². The van der Waals surface area contributed by atoms with Crippen LogP contribution in [0.1, 0.15) is 28.8 Å². The Morgan fingerprint density at radius 3 is 2.32 bits per heavy atom. The van der Waals surface area contributed by atoms with Gasteiger partial charge in [0.05, 0.1) is 11.3 Å². The predicted molar refractivity (Wildman–Crippen MR) is 121 cm³/mol. The van der Waals surface area contributed by atoms with Crippen molar-refractivity contribution in [2.45, 2.75) is 18.4 Å². The van der Waals surface area contributed by atoms with E-state index in [9.17, 15) is 14.7 Å². The molecule has 7 heteroatoms. The molecule has 1 aliphatic carbocycles.